The topological polar surface area (TPSA) is 93.2 Å². The summed E-state index contributed by atoms with van der Waals surface area (Å²) in [6.45, 7) is -0.177. The van der Waals surface area contributed by atoms with Crippen molar-refractivity contribution in [3.63, 3.8) is 0 Å². The van der Waals surface area contributed by atoms with Crippen LogP contribution in [-0.2, 0) is 10.0 Å². The van der Waals surface area contributed by atoms with Gasteiger partial charge in [-0.2, -0.15) is 9.71 Å². The molecular formula is C12H12BrClN4O3S. The third-order valence-electron chi connectivity index (χ3n) is 2.40. The Hall–Kier alpha value is -1.42. The van der Waals surface area contributed by atoms with Gasteiger partial charge in [-0.15, -0.1) is 0 Å². The first-order chi connectivity index (χ1) is 10.3. The first-order valence-electron chi connectivity index (χ1n) is 5.97. The lowest BCUT2D eigenvalue weighted by atomic mass is 10.3. The van der Waals surface area contributed by atoms with Gasteiger partial charge in [0.05, 0.1) is 16.4 Å². The minimum atomic E-state index is -3.32. The fraction of sp³-hybridized carbons (Fsp3) is 0.167. The maximum absolute atomic E-state index is 11.0. The lowest BCUT2D eigenvalue weighted by Crippen LogP contribution is -2.26. The number of halogens is 2. The van der Waals surface area contributed by atoms with Crippen LogP contribution in [0.1, 0.15) is 0 Å². The molecule has 0 bridgehead atoms. The van der Waals surface area contributed by atoms with Crippen molar-refractivity contribution >= 4 is 49.1 Å². The third-order valence-corrected chi connectivity index (χ3v) is 3.81. The molecule has 0 fully saturated rings. The minimum Gasteiger partial charge on any atom is -0.475 e. The van der Waals surface area contributed by atoms with Gasteiger partial charge in [-0.1, -0.05) is 12.1 Å². The molecule has 0 spiro atoms. The lowest BCUT2D eigenvalue weighted by Gasteiger charge is -2.13. The number of hydrogen-bond acceptors (Lipinski definition) is 6. The summed E-state index contributed by atoms with van der Waals surface area (Å²) in [6.07, 6.45) is 2.58. The fourth-order valence-corrected chi connectivity index (χ4v) is 2.17. The Morgan fingerprint density at radius 1 is 1.36 bits per heavy atom. The largest absolute Gasteiger partial charge is 0.475 e. The number of ether oxygens (including phenoxy) is 1. The van der Waals surface area contributed by atoms with Crippen molar-refractivity contribution in [2.45, 2.75) is 0 Å². The van der Waals surface area contributed by atoms with E-state index in [0.717, 1.165) is 6.26 Å². The summed E-state index contributed by atoms with van der Waals surface area (Å²) in [5.41, 5.74) is 0.605. The summed E-state index contributed by atoms with van der Waals surface area (Å²) in [5.74, 6) is 0.924. The summed E-state index contributed by atoms with van der Waals surface area (Å²) in [4.78, 5) is 7.90. The first-order valence-corrected chi connectivity index (χ1v) is 9.03. The van der Waals surface area contributed by atoms with Crippen molar-refractivity contribution < 1.29 is 13.2 Å². The Morgan fingerprint density at radius 2 is 2.09 bits per heavy atom. The van der Waals surface area contributed by atoms with Gasteiger partial charge in [-0.3, -0.25) is 0 Å². The van der Waals surface area contributed by atoms with Gasteiger partial charge in [-0.25, -0.2) is 13.4 Å². The van der Waals surface area contributed by atoms with E-state index in [9.17, 15) is 8.42 Å². The summed E-state index contributed by atoms with van der Waals surface area (Å²) < 4.78 is 30.4. The molecule has 1 aromatic carbocycles. The number of aromatic nitrogens is 2. The fourth-order valence-electron chi connectivity index (χ4n) is 1.47. The van der Waals surface area contributed by atoms with Crippen LogP contribution < -0.4 is 14.8 Å². The second kappa shape index (κ2) is 7.23. The van der Waals surface area contributed by atoms with E-state index in [2.05, 4.69) is 35.9 Å². The molecule has 118 valence electrons. The average Bonchev–Trinajstić information content (AvgIpc) is 2.43. The van der Waals surface area contributed by atoms with Crippen LogP contribution >= 0.6 is 27.5 Å². The van der Waals surface area contributed by atoms with E-state index in [-0.39, 0.29) is 12.0 Å². The summed E-state index contributed by atoms with van der Waals surface area (Å²) >= 11 is 9.08. The summed E-state index contributed by atoms with van der Waals surface area (Å²) in [5, 5.41) is 3.14. The van der Waals surface area contributed by atoms with Crippen LogP contribution in [0.2, 0.25) is 5.28 Å². The SMILES string of the molecule is CS(=O)(=O)NCOc1ccccc1Nc1nc(Cl)ncc1Br. The predicted molar refractivity (Wildman–Crippen MR) is 87.9 cm³/mol. The van der Waals surface area contributed by atoms with Gasteiger partial charge in [0, 0.05) is 6.20 Å². The number of anilines is 2. The molecule has 22 heavy (non-hydrogen) atoms. The summed E-state index contributed by atoms with van der Waals surface area (Å²) in [6, 6.07) is 7.03. The van der Waals surface area contributed by atoms with Gasteiger partial charge in [0.15, 0.2) is 6.73 Å². The normalized spacial score (nSPS) is 11.2. The van der Waals surface area contributed by atoms with Gasteiger partial charge in [0.25, 0.3) is 0 Å². The highest BCUT2D eigenvalue weighted by molar-refractivity contribution is 9.10. The van der Waals surface area contributed by atoms with Crippen LogP contribution in [0.3, 0.4) is 0 Å². The second-order valence-electron chi connectivity index (χ2n) is 4.16. The molecule has 10 heteroatoms. The number of benzene rings is 1. The molecule has 0 radical (unpaired) electrons. The molecule has 0 aliphatic heterocycles. The predicted octanol–water partition coefficient (Wildman–Crippen LogP) is 2.52. The Morgan fingerprint density at radius 3 is 2.82 bits per heavy atom. The number of rotatable bonds is 6. The molecule has 0 unspecified atom stereocenters. The van der Waals surface area contributed by atoms with Gasteiger partial charge >= 0.3 is 0 Å². The molecule has 0 saturated carbocycles. The zero-order valence-corrected chi connectivity index (χ0v) is 14.5. The molecule has 2 aromatic rings. The molecule has 2 rings (SSSR count). The van der Waals surface area contributed by atoms with Crippen molar-refractivity contribution in [1.29, 1.82) is 0 Å². The molecule has 0 saturated heterocycles. The number of nitrogens with one attached hydrogen (secondary N) is 2. The van der Waals surface area contributed by atoms with Gasteiger partial charge in [0.2, 0.25) is 15.3 Å². The molecule has 0 atom stereocenters. The van der Waals surface area contributed by atoms with Crippen LogP contribution in [0.4, 0.5) is 11.5 Å². The van der Waals surface area contributed by atoms with Crippen LogP contribution in [0.15, 0.2) is 34.9 Å². The highest BCUT2D eigenvalue weighted by Gasteiger charge is 2.09. The minimum absolute atomic E-state index is 0.0999. The van der Waals surface area contributed by atoms with E-state index in [1.807, 2.05) is 0 Å². The van der Waals surface area contributed by atoms with Crippen LogP contribution in [0, 0.1) is 0 Å². The molecule has 0 amide bonds. The Balaban J connectivity index is 2.16. The highest BCUT2D eigenvalue weighted by Crippen LogP contribution is 2.30. The molecule has 0 aliphatic carbocycles. The molecule has 1 heterocycles. The van der Waals surface area contributed by atoms with Crippen molar-refractivity contribution in [3.05, 3.63) is 40.2 Å². The Bertz CT molecular complexity index is 773. The Labute approximate surface area is 141 Å². The molecular weight excluding hydrogens is 396 g/mol. The van der Waals surface area contributed by atoms with Crippen molar-refractivity contribution in [1.82, 2.24) is 14.7 Å². The van der Waals surface area contributed by atoms with E-state index < -0.39 is 10.0 Å². The third kappa shape index (κ3) is 5.09. The number of sulfonamides is 1. The molecule has 2 N–H and O–H groups in total. The molecule has 7 nitrogen and oxygen atoms in total. The summed E-state index contributed by atoms with van der Waals surface area (Å²) in [7, 11) is -3.32. The van der Waals surface area contributed by atoms with Crippen molar-refractivity contribution in [2.75, 3.05) is 18.3 Å². The average molecular weight is 408 g/mol. The van der Waals surface area contributed by atoms with E-state index in [0.29, 0.717) is 21.7 Å². The van der Waals surface area contributed by atoms with Crippen LogP contribution in [0.25, 0.3) is 0 Å². The smallest absolute Gasteiger partial charge is 0.224 e. The van der Waals surface area contributed by atoms with Gasteiger partial charge in [0.1, 0.15) is 11.6 Å². The second-order valence-corrected chi connectivity index (χ2v) is 7.19. The maximum Gasteiger partial charge on any atom is 0.224 e. The van der Waals surface area contributed by atoms with Crippen molar-refractivity contribution in [3.8, 4) is 5.75 Å². The Kier molecular flexibility index (Phi) is 5.57. The zero-order chi connectivity index (χ0) is 16.2. The van der Waals surface area contributed by atoms with E-state index in [1.165, 1.54) is 6.20 Å². The maximum atomic E-state index is 11.0. The van der Waals surface area contributed by atoms with Crippen molar-refractivity contribution in [2.24, 2.45) is 0 Å². The van der Waals surface area contributed by atoms with E-state index in [4.69, 9.17) is 16.3 Å². The van der Waals surface area contributed by atoms with E-state index >= 15 is 0 Å². The standard InChI is InChI=1S/C12H12BrClN4O3S/c1-22(19,20)16-7-21-10-5-3-2-4-9(10)17-11-8(13)6-15-12(14)18-11/h2-6,16H,7H2,1H3,(H,15,17,18). The number of nitrogens with zero attached hydrogens (tertiary/aromatic N) is 2. The quantitative estimate of drug-likeness (QED) is 0.564. The zero-order valence-electron chi connectivity index (χ0n) is 11.4. The number of hydrogen-bond donors (Lipinski definition) is 2. The molecule has 1 aromatic heterocycles. The molecule has 0 aliphatic rings. The van der Waals surface area contributed by atoms with Crippen LogP contribution in [0.5, 0.6) is 5.75 Å². The highest BCUT2D eigenvalue weighted by atomic mass is 79.9. The van der Waals surface area contributed by atoms with Gasteiger partial charge < -0.3 is 10.1 Å². The first kappa shape index (κ1) is 16.9. The van der Waals surface area contributed by atoms with E-state index in [1.54, 1.807) is 24.3 Å². The van der Waals surface area contributed by atoms with Gasteiger partial charge in [-0.05, 0) is 39.7 Å². The lowest BCUT2D eigenvalue weighted by molar-refractivity contribution is 0.313. The van der Waals surface area contributed by atoms with Crippen LogP contribution in [-0.4, -0.2) is 31.4 Å². The monoisotopic (exact) mass is 406 g/mol. The number of para-hydroxylation sites is 2.